The van der Waals surface area contributed by atoms with Crippen LogP contribution in [0.2, 0.25) is 10.0 Å². The molecule has 0 spiro atoms. The summed E-state index contributed by atoms with van der Waals surface area (Å²) in [5.74, 6) is 0. The molecule has 0 nitrogen and oxygen atoms in total. The Morgan fingerprint density at radius 3 is 2.25 bits per heavy atom. The van der Waals surface area contributed by atoms with Gasteiger partial charge in [0.05, 0.1) is 15.6 Å². The van der Waals surface area contributed by atoms with Gasteiger partial charge in [-0.05, 0) is 34.7 Å². The first-order valence-electron chi connectivity index (χ1n) is 2.95. The maximum Gasteiger partial charge on any atom is 0.266 e. The third-order valence-corrected chi connectivity index (χ3v) is 3.25. The normalized spacial score (nSPS) is 10.8. The summed E-state index contributed by atoms with van der Waals surface area (Å²) in [6, 6.07) is 3.01. The average Bonchev–Trinajstić information content (AvgIpc) is 1.97. The van der Waals surface area contributed by atoms with Gasteiger partial charge in [-0.1, -0.05) is 23.2 Å². The van der Waals surface area contributed by atoms with E-state index in [1.807, 2.05) is 22.6 Å². The van der Waals surface area contributed by atoms with Crippen LogP contribution in [0.25, 0.3) is 0 Å². The van der Waals surface area contributed by atoms with Crippen molar-refractivity contribution in [2.24, 2.45) is 0 Å². The van der Waals surface area contributed by atoms with Crippen molar-refractivity contribution in [3.63, 3.8) is 0 Å². The molecule has 0 aliphatic rings. The highest BCUT2D eigenvalue weighted by Crippen LogP contribution is 2.35. The smallest absolute Gasteiger partial charge is 0.205 e. The topological polar surface area (TPSA) is 0 Å². The van der Waals surface area contributed by atoms with Crippen LogP contribution in [0.4, 0.5) is 8.78 Å². The highest BCUT2D eigenvalue weighted by atomic mass is 127. The second-order valence-corrected chi connectivity index (χ2v) is 4.00. The minimum Gasteiger partial charge on any atom is -0.205 e. The fraction of sp³-hybridized carbons (Fsp3) is 0.143. The molecule has 0 fully saturated rings. The van der Waals surface area contributed by atoms with E-state index < -0.39 is 6.43 Å². The number of hydrogen-bond donors (Lipinski definition) is 0. The van der Waals surface area contributed by atoms with E-state index in [-0.39, 0.29) is 15.6 Å². The van der Waals surface area contributed by atoms with Gasteiger partial charge in [-0.15, -0.1) is 0 Å². The zero-order valence-electron chi connectivity index (χ0n) is 5.62. The molecule has 5 heteroatoms. The number of halogens is 5. The van der Waals surface area contributed by atoms with Gasteiger partial charge in [-0.25, -0.2) is 8.78 Å². The molecule has 66 valence electrons. The van der Waals surface area contributed by atoms with Crippen LogP contribution >= 0.6 is 45.8 Å². The summed E-state index contributed by atoms with van der Waals surface area (Å²) in [5.41, 5.74) is -0.287. The lowest BCUT2D eigenvalue weighted by Crippen LogP contribution is -1.89. The summed E-state index contributed by atoms with van der Waals surface area (Å²) in [4.78, 5) is 0. The summed E-state index contributed by atoms with van der Waals surface area (Å²) in [7, 11) is 0. The molecular formula is C7H3Cl2F2I. The Bertz CT molecular complexity index is 302. The summed E-state index contributed by atoms with van der Waals surface area (Å²) < 4.78 is 25.2. The summed E-state index contributed by atoms with van der Waals surface area (Å²) in [6.07, 6.45) is -2.63. The van der Waals surface area contributed by atoms with E-state index in [0.717, 1.165) is 0 Å². The van der Waals surface area contributed by atoms with Crippen LogP contribution in [0.3, 0.4) is 0 Å². The Balaban J connectivity index is 3.33. The van der Waals surface area contributed by atoms with Crippen molar-refractivity contribution >= 4 is 45.8 Å². The molecule has 0 radical (unpaired) electrons. The fourth-order valence-electron chi connectivity index (χ4n) is 0.743. The van der Waals surface area contributed by atoms with Gasteiger partial charge in [0.2, 0.25) is 0 Å². The number of alkyl halides is 2. The van der Waals surface area contributed by atoms with Crippen molar-refractivity contribution in [3.05, 3.63) is 31.3 Å². The van der Waals surface area contributed by atoms with Gasteiger partial charge < -0.3 is 0 Å². The van der Waals surface area contributed by atoms with Gasteiger partial charge in [0.25, 0.3) is 6.43 Å². The van der Waals surface area contributed by atoms with Gasteiger partial charge in [0, 0.05) is 3.57 Å². The molecule has 0 saturated heterocycles. The van der Waals surface area contributed by atoms with Gasteiger partial charge >= 0.3 is 0 Å². The summed E-state index contributed by atoms with van der Waals surface area (Å²) in [5, 5.41) is 0.0496. The van der Waals surface area contributed by atoms with Gasteiger partial charge in [-0.2, -0.15) is 0 Å². The lowest BCUT2D eigenvalue weighted by molar-refractivity contribution is 0.151. The highest BCUT2D eigenvalue weighted by molar-refractivity contribution is 14.1. The zero-order chi connectivity index (χ0) is 9.30. The highest BCUT2D eigenvalue weighted by Gasteiger charge is 2.17. The minimum atomic E-state index is -2.63. The van der Waals surface area contributed by atoms with E-state index in [2.05, 4.69) is 0 Å². The second-order valence-electron chi connectivity index (χ2n) is 2.06. The van der Waals surface area contributed by atoms with E-state index >= 15 is 0 Å². The first kappa shape index (κ1) is 10.5. The monoisotopic (exact) mass is 322 g/mol. The molecule has 0 unspecified atom stereocenters. The lowest BCUT2D eigenvalue weighted by Gasteiger charge is -2.06. The van der Waals surface area contributed by atoms with Crippen LogP contribution in [0.1, 0.15) is 12.0 Å². The molecule has 1 aromatic carbocycles. The maximum atomic E-state index is 12.3. The first-order valence-corrected chi connectivity index (χ1v) is 4.79. The minimum absolute atomic E-state index is 0.00964. The van der Waals surface area contributed by atoms with Crippen LogP contribution in [0.15, 0.2) is 12.1 Å². The Kier molecular flexibility index (Phi) is 3.55. The van der Waals surface area contributed by atoms with E-state index in [4.69, 9.17) is 23.2 Å². The molecule has 0 bridgehead atoms. The number of rotatable bonds is 1. The van der Waals surface area contributed by atoms with Crippen LogP contribution in [0, 0.1) is 3.57 Å². The van der Waals surface area contributed by atoms with Crippen molar-refractivity contribution < 1.29 is 8.78 Å². The van der Waals surface area contributed by atoms with Crippen molar-refractivity contribution in [2.75, 3.05) is 0 Å². The molecule has 0 aromatic heterocycles. The maximum absolute atomic E-state index is 12.3. The van der Waals surface area contributed by atoms with Crippen molar-refractivity contribution in [2.45, 2.75) is 6.43 Å². The SMILES string of the molecule is FC(F)c1c(Cl)ccc(I)c1Cl. The van der Waals surface area contributed by atoms with Crippen molar-refractivity contribution in [1.29, 1.82) is 0 Å². The molecular weight excluding hydrogens is 320 g/mol. The molecule has 1 rings (SSSR count). The quantitative estimate of drug-likeness (QED) is 0.526. The summed E-state index contributed by atoms with van der Waals surface area (Å²) in [6.45, 7) is 0. The van der Waals surface area contributed by atoms with E-state index in [1.54, 1.807) is 6.07 Å². The van der Waals surface area contributed by atoms with Crippen LogP contribution in [0.5, 0.6) is 0 Å². The third-order valence-electron chi connectivity index (χ3n) is 1.30. The average molecular weight is 323 g/mol. The molecule has 0 saturated carbocycles. The first-order chi connectivity index (χ1) is 5.54. The lowest BCUT2D eigenvalue weighted by atomic mass is 10.2. The molecule has 0 aliphatic heterocycles. The van der Waals surface area contributed by atoms with E-state index in [0.29, 0.717) is 3.57 Å². The molecule has 12 heavy (non-hydrogen) atoms. The van der Waals surface area contributed by atoms with E-state index in [1.165, 1.54) is 6.07 Å². The van der Waals surface area contributed by atoms with Crippen LogP contribution < -0.4 is 0 Å². The molecule has 0 heterocycles. The molecule has 0 amide bonds. The van der Waals surface area contributed by atoms with Crippen LogP contribution in [-0.4, -0.2) is 0 Å². The standard InChI is InChI=1S/C7H3Cl2F2I/c8-3-1-2-4(12)6(9)5(3)7(10)11/h1-2,7H. The van der Waals surface area contributed by atoms with Gasteiger partial charge in [0.15, 0.2) is 0 Å². The fourth-order valence-corrected chi connectivity index (χ4v) is 1.75. The van der Waals surface area contributed by atoms with Gasteiger partial charge in [-0.3, -0.25) is 0 Å². The Morgan fingerprint density at radius 2 is 1.83 bits per heavy atom. The number of hydrogen-bond acceptors (Lipinski definition) is 0. The predicted octanol–water partition coefficient (Wildman–Crippen LogP) is 4.54. The predicted molar refractivity (Wildman–Crippen MR) is 54.1 cm³/mol. The summed E-state index contributed by atoms with van der Waals surface area (Å²) >= 11 is 13.0. The van der Waals surface area contributed by atoms with Gasteiger partial charge in [0.1, 0.15) is 0 Å². The molecule has 1 aromatic rings. The Labute approximate surface area is 92.0 Å². The zero-order valence-corrected chi connectivity index (χ0v) is 9.29. The Morgan fingerprint density at radius 1 is 1.25 bits per heavy atom. The Hall–Kier alpha value is 0.390. The molecule has 0 aliphatic carbocycles. The van der Waals surface area contributed by atoms with Crippen molar-refractivity contribution in [1.82, 2.24) is 0 Å². The molecule has 0 N–H and O–H groups in total. The third kappa shape index (κ3) is 2.00. The van der Waals surface area contributed by atoms with Crippen LogP contribution in [-0.2, 0) is 0 Å². The van der Waals surface area contributed by atoms with Crippen molar-refractivity contribution in [3.8, 4) is 0 Å². The molecule has 0 atom stereocenters. The number of benzene rings is 1. The largest absolute Gasteiger partial charge is 0.266 e. The van der Waals surface area contributed by atoms with E-state index in [9.17, 15) is 8.78 Å². The second kappa shape index (κ2) is 4.07.